The Labute approximate surface area is 85.4 Å². The molecule has 3 N–H and O–H groups in total. The summed E-state index contributed by atoms with van der Waals surface area (Å²) in [7, 11) is 0. The van der Waals surface area contributed by atoms with Gasteiger partial charge in [0.2, 0.25) is 5.91 Å². The summed E-state index contributed by atoms with van der Waals surface area (Å²) < 4.78 is 0. The first-order chi connectivity index (χ1) is 6.74. The van der Waals surface area contributed by atoms with Gasteiger partial charge in [0, 0.05) is 19.2 Å². The molecule has 1 unspecified atom stereocenters. The van der Waals surface area contributed by atoms with Crippen molar-refractivity contribution in [2.24, 2.45) is 0 Å². The van der Waals surface area contributed by atoms with Crippen LogP contribution >= 0.6 is 0 Å². The van der Waals surface area contributed by atoms with E-state index in [1.807, 2.05) is 6.92 Å². The number of amides is 1. The van der Waals surface area contributed by atoms with Crippen molar-refractivity contribution in [1.29, 1.82) is 0 Å². The van der Waals surface area contributed by atoms with Gasteiger partial charge in [-0.3, -0.25) is 4.79 Å². The Morgan fingerprint density at radius 1 is 1.64 bits per heavy atom. The van der Waals surface area contributed by atoms with Gasteiger partial charge in [0.05, 0.1) is 6.54 Å². The van der Waals surface area contributed by atoms with Crippen LogP contribution in [0.15, 0.2) is 12.7 Å². The van der Waals surface area contributed by atoms with Crippen LogP contribution in [-0.2, 0) is 4.79 Å². The molecular weight excluding hydrogens is 180 g/mol. The lowest BCUT2D eigenvalue weighted by Gasteiger charge is -2.15. The molecule has 0 heterocycles. The van der Waals surface area contributed by atoms with Crippen LogP contribution in [0.1, 0.15) is 19.8 Å². The van der Waals surface area contributed by atoms with Gasteiger partial charge in [-0.25, -0.2) is 0 Å². The second-order valence-electron chi connectivity index (χ2n) is 3.10. The molecule has 0 spiro atoms. The zero-order valence-electron chi connectivity index (χ0n) is 8.75. The number of nitrogens with one attached hydrogen (secondary N) is 2. The van der Waals surface area contributed by atoms with E-state index in [2.05, 4.69) is 17.2 Å². The smallest absolute Gasteiger partial charge is 0.234 e. The second-order valence-corrected chi connectivity index (χ2v) is 3.10. The fourth-order valence-electron chi connectivity index (χ4n) is 1.10. The molecule has 0 aliphatic rings. The number of hydrogen-bond acceptors (Lipinski definition) is 3. The van der Waals surface area contributed by atoms with Gasteiger partial charge in [-0.2, -0.15) is 0 Å². The van der Waals surface area contributed by atoms with Gasteiger partial charge in [0.1, 0.15) is 0 Å². The molecule has 0 rings (SSSR count). The summed E-state index contributed by atoms with van der Waals surface area (Å²) in [5.74, 6) is -0.0350. The Morgan fingerprint density at radius 3 is 2.86 bits per heavy atom. The van der Waals surface area contributed by atoms with Crippen LogP contribution in [0, 0.1) is 0 Å². The largest absolute Gasteiger partial charge is 0.396 e. The van der Waals surface area contributed by atoms with Crippen LogP contribution in [0.25, 0.3) is 0 Å². The van der Waals surface area contributed by atoms with Crippen LogP contribution in [0.5, 0.6) is 0 Å². The molecule has 14 heavy (non-hydrogen) atoms. The first-order valence-corrected chi connectivity index (χ1v) is 4.96. The molecule has 0 aromatic carbocycles. The normalized spacial score (nSPS) is 12.1. The number of aliphatic hydroxyl groups excluding tert-OH is 1. The molecule has 0 aliphatic heterocycles. The van der Waals surface area contributed by atoms with Crippen molar-refractivity contribution in [2.45, 2.75) is 25.8 Å². The highest BCUT2D eigenvalue weighted by Gasteiger charge is 2.08. The number of carbonyl (C=O) groups is 1. The summed E-state index contributed by atoms with van der Waals surface area (Å²) in [6.07, 6.45) is 3.16. The van der Waals surface area contributed by atoms with Gasteiger partial charge in [0.15, 0.2) is 0 Å². The van der Waals surface area contributed by atoms with Crippen molar-refractivity contribution < 1.29 is 9.90 Å². The molecule has 0 saturated heterocycles. The molecule has 0 aromatic rings. The number of rotatable bonds is 8. The fourth-order valence-corrected chi connectivity index (χ4v) is 1.10. The molecule has 0 bridgehead atoms. The highest BCUT2D eigenvalue weighted by atomic mass is 16.3. The first-order valence-electron chi connectivity index (χ1n) is 4.96. The van der Waals surface area contributed by atoms with Gasteiger partial charge in [-0.05, 0) is 12.8 Å². The molecule has 0 aromatic heterocycles. The summed E-state index contributed by atoms with van der Waals surface area (Å²) in [6, 6.07) is 0.0815. The van der Waals surface area contributed by atoms with Crippen LogP contribution in [-0.4, -0.2) is 36.8 Å². The Hall–Kier alpha value is -0.870. The van der Waals surface area contributed by atoms with Crippen molar-refractivity contribution in [3.8, 4) is 0 Å². The van der Waals surface area contributed by atoms with Crippen LogP contribution < -0.4 is 10.6 Å². The number of hydrogen-bond donors (Lipinski definition) is 3. The second kappa shape index (κ2) is 8.72. The van der Waals surface area contributed by atoms with Gasteiger partial charge >= 0.3 is 0 Å². The van der Waals surface area contributed by atoms with Crippen molar-refractivity contribution in [1.82, 2.24) is 10.6 Å². The minimum absolute atomic E-state index is 0.0350. The molecule has 0 aliphatic carbocycles. The Bertz CT molecular complexity index is 172. The molecule has 1 atom stereocenters. The summed E-state index contributed by atoms with van der Waals surface area (Å²) in [5, 5.41) is 14.5. The van der Waals surface area contributed by atoms with E-state index in [9.17, 15) is 4.79 Å². The van der Waals surface area contributed by atoms with E-state index in [4.69, 9.17) is 5.11 Å². The van der Waals surface area contributed by atoms with Gasteiger partial charge in [0.25, 0.3) is 0 Å². The summed E-state index contributed by atoms with van der Waals surface area (Å²) in [5.41, 5.74) is 0. The van der Waals surface area contributed by atoms with Crippen molar-refractivity contribution in [3.05, 3.63) is 12.7 Å². The predicted molar refractivity (Wildman–Crippen MR) is 57.0 cm³/mol. The number of aliphatic hydroxyl groups is 1. The van der Waals surface area contributed by atoms with Crippen molar-refractivity contribution >= 4 is 5.91 Å². The minimum atomic E-state index is -0.0350. The molecule has 0 radical (unpaired) electrons. The standard InChI is InChI=1S/C10H20N2O2/c1-3-6-11-8-10(14)12-9(4-2)5-7-13/h3,9,11,13H,1,4-8H2,2H3,(H,12,14). The topological polar surface area (TPSA) is 61.4 Å². The zero-order chi connectivity index (χ0) is 10.8. The first kappa shape index (κ1) is 13.1. The molecule has 1 amide bonds. The summed E-state index contributed by atoms with van der Waals surface area (Å²) >= 11 is 0. The van der Waals surface area contributed by atoms with E-state index in [-0.39, 0.29) is 18.6 Å². The lowest BCUT2D eigenvalue weighted by Crippen LogP contribution is -2.40. The third-order valence-electron chi connectivity index (χ3n) is 1.91. The molecule has 4 nitrogen and oxygen atoms in total. The summed E-state index contributed by atoms with van der Waals surface area (Å²) in [4.78, 5) is 11.3. The van der Waals surface area contributed by atoms with Crippen molar-refractivity contribution in [3.63, 3.8) is 0 Å². The molecular formula is C10H20N2O2. The maximum absolute atomic E-state index is 11.3. The van der Waals surface area contributed by atoms with Gasteiger partial charge in [-0.15, -0.1) is 6.58 Å². The molecule has 4 heteroatoms. The lowest BCUT2D eigenvalue weighted by atomic mass is 10.1. The Balaban J connectivity index is 3.61. The molecule has 82 valence electrons. The average Bonchev–Trinajstić information content (AvgIpc) is 2.17. The van der Waals surface area contributed by atoms with Crippen LogP contribution in [0.2, 0.25) is 0 Å². The Morgan fingerprint density at radius 2 is 2.36 bits per heavy atom. The van der Waals surface area contributed by atoms with Gasteiger partial charge < -0.3 is 15.7 Å². The lowest BCUT2D eigenvalue weighted by molar-refractivity contribution is -0.121. The van der Waals surface area contributed by atoms with E-state index in [0.717, 1.165) is 6.42 Å². The van der Waals surface area contributed by atoms with E-state index in [1.54, 1.807) is 6.08 Å². The molecule has 0 saturated carbocycles. The third kappa shape index (κ3) is 6.62. The van der Waals surface area contributed by atoms with Crippen molar-refractivity contribution in [2.75, 3.05) is 19.7 Å². The Kier molecular flexibility index (Phi) is 8.17. The maximum atomic E-state index is 11.3. The average molecular weight is 200 g/mol. The SMILES string of the molecule is C=CCNCC(=O)NC(CC)CCO. The highest BCUT2D eigenvalue weighted by molar-refractivity contribution is 5.78. The quantitative estimate of drug-likeness (QED) is 0.383. The third-order valence-corrected chi connectivity index (χ3v) is 1.91. The van der Waals surface area contributed by atoms with E-state index >= 15 is 0 Å². The van der Waals surface area contributed by atoms with E-state index in [0.29, 0.717) is 19.5 Å². The summed E-state index contributed by atoms with van der Waals surface area (Å²) in [6.45, 7) is 6.56. The number of carbonyl (C=O) groups excluding carboxylic acids is 1. The van der Waals surface area contributed by atoms with Crippen LogP contribution in [0.3, 0.4) is 0 Å². The fraction of sp³-hybridized carbons (Fsp3) is 0.700. The monoisotopic (exact) mass is 200 g/mol. The maximum Gasteiger partial charge on any atom is 0.234 e. The zero-order valence-corrected chi connectivity index (χ0v) is 8.75. The molecule has 0 fully saturated rings. The van der Waals surface area contributed by atoms with Crippen LogP contribution in [0.4, 0.5) is 0 Å². The minimum Gasteiger partial charge on any atom is -0.396 e. The predicted octanol–water partition coefficient (Wildman–Crippen LogP) is 0.0392. The highest BCUT2D eigenvalue weighted by Crippen LogP contribution is 1.95. The van der Waals surface area contributed by atoms with Gasteiger partial charge in [-0.1, -0.05) is 13.0 Å². The van der Waals surface area contributed by atoms with E-state index in [1.165, 1.54) is 0 Å². The van der Waals surface area contributed by atoms with E-state index < -0.39 is 0 Å².